The van der Waals surface area contributed by atoms with Crippen LogP contribution < -0.4 is 5.32 Å². The van der Waals surface area contributed by atoms with E-state index in [0.29, 0.717) is 24.3 Å². The highest BCUT2D eigenvalue weighted by molar-refractivity contribution is 5.82. The number of aromatic nitrogens is 4. The van der Waals surface area contributed by atoms with Crippen molar-refractivity contribution in [2.75, 3.05) is 25.1 Å². The predicted molar refractivity (Wildman–Crippen MR) is 81.6 cm³/mol. The van der Waals surface area contributed by atoms with Crippen LogP contribution in [0, 0.1) is 5.92 Å². The van der Waals surface area contributed by atoms with Crippen molar-refractivity contribution in [2.24, 2.45) is 5.92 Å². The Kier molecular flexibility index (Phi) is 3.67. The number of rotatable bonds is 5. The van der Waals surface area contributed by atoms with E-state index in [1.54, 1.807) is 6.33 Å². The number of hydrogen-bond donors (Lipinski definition) is 2. The molecule has 0 spiro atoms. The second-order valence-corrected chi connectivity index (χ2v) is 6.18. The molecule has 2 N–H and O–H groups in total. The molecule has 0 radical (unpaired) electrons. The predicted octanol–water partition coefficient (Wildman–Crippen LogP) is 1.36. The van der Waals surface area contributed by atoms with Gasteiger partial charge in [-0.15, -0.1) is 0 Å². The molecular formula is C15H21N5O2. The van der Waals surface area contributed by atoms with E-state index in [-0.39, 0.29) is 6.10 Å². The molecule has 7 nitrogen and oxygen atoms in total. The Morgan fingerprint density at radius 3 is 2.82 bits per heavy atom. The zero-order valence-electron chi connectivity index (χ0n) is 12.5. The van der Waals surface area contributed by atoms with Crippen LogP contribution in [0.25, 0.3) is 11.2 Å². The number of aliphatic hydroxyl groups excluding tert-OH is 1. The molecule has 2 fully saturated rings. The summed E-state index contributed by atoms with van der Waals surface area (Å²) in [5, 5.41) is 13.6. The number of imidazole rings is 1. The Morgan fingerprint density at radius 1 is 1.23 bits per heavy atom. The van der Waals surface area contributed by atoms with E-state index < -0.39 is 0 Å². The second kappa shape index (κ2) is 5.81. The van der Waals surface area contributed by atoms with Gasteiger partial charge in [0.05, 0.1) is 12.4 Å². The average Bonchev–Trinajstić information content (AvgIpc) is 3.32. The Hall–Kier alpha value is -1.73. The standard InChI is InChI=1S/C15H21N5O2/c21-12(10-3-5-22-6-4-10)7-16-14-13-15(18-8-17-14)20(9-19-13)11-1-2-11/h8-12,21H,1-7H2,(H,16,17,18). The van der Waals surface area contributed by atoms with Gasteiger partial charge in [0.1, 0.15) is 11.8 Å². The number of ether oxygens (including phenoxy) is 1. The van der Waals surface area contributed by atoms with Crippen molar-refractivity contribution in [1.29, 1.82) is 0 Å². The topological polar surface area (TPSA) is 85.1 Å². The van der Waals surface area contributed by atoms with Crippen LogP contribution in [0.15, 0.2) is 12.7 Å². The number of aliphatic hydroxyl groups is 1. The van der Waals surface area contributed by atoms with Crippen LogP contribution in [0.2, 0.25) is 0 Å². The zero-order valence-corrected chi connectivity index (χ0v) is 12.5. The highest BCUT2D eigenvalue weighted by atomic mass is 16.5. The van der Waals surface area contributed by atoms with E-state index in [9.17, 15) is 5.11 Å². The Labute approximate surface area is 128 Å². The van der Waals surface area contributed by atoms with E-state index in [2.05, 4.69) is 24.8 Å². The third-order valence-electron chi connectivity index (χ3n) is 4.59. The lowest BCUT2D eigenvalue weighted by molar-refractivity contribution is 0.0131. The van der Waals surface area contributed by atoms with Gasteiger partial charge in [-0.05, 0) is 31.6 Å². The maximum absolute atomic E-state index is 10.3. The SMILES string of the molecule is OC(CNc1ncnc2c1ncn2C1CC1)C1CCOCC1. The first-order valence-electron chi connectivity index (χ1n) is 8.00. The third-order valence-corrected chi connectivity index (χ3v) is 4.59. The van der Waals surface area contributed by atoms with Gasteiger partial charge in [-0.25, -0.2) is 15.0 Å². The average molecular weight is 303 g/mol. The molecule has 0 amide bonds. The largest absolute Gasteiger partial charge is 0.391 e. The fraction of sp³-hybridized carbons (Fsp3) is 0.667. The maximum Gasteiger partial charge on any atom is 0.165 e. The van der Waals surface area contributed by atoms with Crippen molar-refractivity contribution < 1.29 is 9.84 Å². The summed E-state index contributed by atoms with van der Waals surface area (Å²) >= 11 is 0. The molecule has 1 saturated heterocycles. The summed E-state index contributed by atoms with van der Waals surface area (Å²) in [4.78, 5) is 13.1. The van der Waals surface area contributed by atoms with E-state index in [4.69, 9.17) is 4.74 Å². The van der Waals surface area contributed by atoms with E-state index in [1.807, 2.05) is 6.33 Å². The van der Waals surface area contributed by atoms with Gasteiger partial charge in [0.25, 0.3) is 0 Å². The summed E-state index contributed by atoms with van der Waals surface area (Å²) in [7, 11) is 0. The van der Waals surface area contributed by atoms with Crippen LogP contribution >= 0.6 is 0 Å². The molecule has 7 heteroatoms. The van der Waals surface area contributed by atoms with Crippen molar-refractivity contribution in [1.82, 2.24) is 19.5 Å². The first-order valence-corrected chi connectivity index (χ1v) is 8.00. The van der Waals surface area contributed by atoms with Gasteiger partial charge < -0.3 is 19.7 Å². The molecule has 1 aliphatic heterocycles. The van der Waals surface area contributed by atoms with Gasteiger partial charge in [0.15, 0.2) is 11.5 Å². The molecular weight excluding hydrogens is 282 g/mol. The molecule has 1 saturated carbocycles. The van der Waals surface area contributed by atoms with Gasteiger partial charge in [0.2, 0.25) is 0 Å². The fourth-order valence-corrected chi connectivity index (χ4v) is 3.07. The van der Waals surface area contributed by atoms with Gasteiger partial charge >= 0.3 is 0 Å². The number of fused-ring (bicyclic) bond motifs is 1. The zero-order chi connectivity index (χ0) is 14.9. The molecule has 1 aliphatic carbocycles. The Balaban J connectivity index is 1.47. The molecule has 0 aromatic carbocycles. The lowest BCUT2D eigenvalue weighted by atomic mass is 9.94. The molecule has 3 heterocycles. The molecule has 4 rings (SSSR count). The summed E-state index contributed by atoms with van der Waals surface area (Å²) in [6.45, 7) is 1.96. The fourth-order valence-electron chi connectivity index (χ4n) is 3.07. The van der Waals surface area contributed by atoms with Gasteiger partial charge in [0, 0.05) is 25.8 Å². The van der Waals surface area contributed by atoms with Gasteiger partial charge in [-0.2, -0.15) is 0 Å². The van der Waals surface area contributed by atoms with Crippen molar-refractivity contribution in [3.05, 3.63) is 12.7 Å². The number of hydrogen-bond acceptors (Lipinski definition) is 6. The number of anilines is 1. The Bertz CT molecular complexity index is 648. The minimum atomic E-state index is -0.389. The van der Waals surface area contributed by atoms with Crippen LogP contribution in [-0.2, 0) is 4.74 Å². The Morgan fingerprint density at radius 2 is 2.05 bits per heavy atom. The van der Waals surface area contributed by atoms with Crippen LogP contribution in [0.3, 0.4) is 0 Å². The van der Waals surface area contributed by atoms with Crippen molar-refractivity contribution >= 4 is 17.0 Å². The molecule has 22 heavy (non-hydrogen) atoms. The molecule has 2 aromatic heterocycles. The molecule has 118 valence electrons. The third kappa shape index (κ3) is 2.66. The first kappa shape index (κ1) is 13.9. The van der Waals surface area contributed by atoms with E-state index in [1.165, 1.54) is 12.8 Å². The quantitative estimate of drug-likeness (QED) is 0.867. The summed E-state index contributed by atoms with van der Waals surface area (Å²) in [5.74, 6) is 0.998. The van der Waals surface area contributed by atoms with Crippen molar-refractivity contribution in [3.8, 4) is 0 Å². The van der Waals surface area contributed by atoms with Crippen molar-refractivity contribution in [3.63, 3.8) is 0 Å². The second-order valence-electron chi connectivity index (χ2n) is 6.18. The first-order chi connectivity index (χ1) is 10.8. The summed E-state index contributed by atoms with van der Waals surface area (Å²) in [6, 6.07) is 0.542. The van der Waals surface area contributed by atoms with Crippen LogP contribution in [-0.4, -0.2) is 50.5 Å². The van der Waals surface area contributed by atoms with E-state index in [0.717, 1.165) is 37.2 Å². The van der Waals surface area contributed by atoms with E-state index >= 15 is 0 Å². The number of nitrogens with zero attached hydrogens (tertiary/aromatic N) is 4. The minimum Gasteiger partial charge on any atom is -0.391 e. The van der Waals surface area contributed by atoms with Crippen LogP contribution in [0.4, 0.5) is 5.82 Å². The van der Waals surface area contributed by atoms with Gasteiger partial charge in [-0.1, -0.05) is 0 Å². The molecule has 1 atom stereocenters. The highest BCUT2D eigenvalue weighted by Gasteiger charge is 2.27. The normalized spacial score (nSPS) is 21.1. The summed E-state index contributed by atoms with van der Waals surface area (Å²) in [6.07, 6.45) is 7.24. The summed E-state index contributed by atoms with van der Waals surface area (Å²) < 4.78 is 7.46. The molecule has 0 bridgehead atoms. The molecule has 2 aromatic rings. The highest BCUT2D eigenvalue weighted by Crippen LogP contribution is 2.37. The monoisotopic (exact) mass is 303 g/mol. The summed E-state index contributed by atoms with van der Waals surface area (Å²) in [5.41, 5.74) is 1.66. The molecule has 2 aliphatic rings. The van der Waals surface area contributed by atoms with Crippen LogP contribution in [0.1, 0.15) is 31.7 Å². The number of nitrogens with one attached hydrogen (secondary N) is 1. The lowest BCUT2D eigenvalue weighted by Crippen LogP contribution is -2.32. The van der Waals surface area contributed by atoms with Crippen LogP contribution in [0.5, 0.6) is 0 Å². The molecule has 1 unspecified atom stereocenters. The minimum absolute atomic E-state index is 0.294. The smallest absolute Gasteiger partial charge is 0.165 e. The van der Waals surface area contributed by atoms with Gasteiger partial charge in [-0.3, -0.25) is 0 Å². The maximum atomic E-state index is 10.3. The lowest BCUT2D eigenvalue weighted by Gasteiger charge is -2.26. The van der Waals surface area contributed by atoms with Crippen molar-refractivity contribution in [2.45, 2.75) is 37.8 Å².